The number of rotatable bonds is 7. The first kappa shape index (κ1) is 17.3. The van der Waals surface area contributed by atoms with Gasteiger partial charge >= 0.3 is 0 Å². The predicted octanol–water partition coefficient (Wildman–Crippen LogP) is 2.94. The monoisotopic (exact) mass is 339 g/mol. The van der Waals surface area contributed by atoms with E-state index < -0.39 is 0 Å². The van der Waals surface area contributed by atoms with Gasteiger partial charge in [0.1, 0.15) is 11.6 Å². The molecule has 1 amide bonds. The number of benzene rings is 1. The summed E-state index contributed by atoms with van der Waals surface area (Å²) in [5.74, 6) is 1.87. The van der Waals surface area contributed by atoms with E-state index in [0.717, 1.165) is 35.8 Å². The second kappa shape index (κ2) is 8.51. The number of hydrogen-bond donors (Lipinski definition) is 1. The van der Waals surface area contributed by atoms with Crippen LogP contribution in [0.15, 0.2) is 42.6 Å². The maximum absolute atomic E-state index is 12.1. The first-order chi connectivity index (χ1) is 12.2. The van der Waals surface area contributed by atoms with Gasteiger partial charge in [0.2, 0.25) is 5.91 Å². The van der Waals surface area contributed by atoms with Crippen molar-refractivity contribution in [1.82, 2.24) is 10.3 Å². The topological polar surface area (TPSA) is 54.5 Å². The smallest absolute Gasteiger partial charge is 0.224 e. The van der Waals surface area contributed by atoms with E-state index in [9.17, 15) is 4.79 Å². The van der Waals surface area contributed by atoms with Crippen LogP contribution in [-0.2, 0) is 17.8 Å². The van der Waals surface area contributed by atoms with Crippen LogP contribution in [0.25, 0.3) is 0 Å². The molecular weight excluding hydrogens is 314 g/mol. The summed E-state index contributed by atoms with van der Waals surface area (Å²) in [5.41, 5.74) is 1.99. The van der Waals surface area contributed by atoms with Crippen molar-refractivity contribution in [3.8, 4) is 5.75 Å². The molecule has 2 heterocycles. The molecule has 1 saturated heterocycles. The van der Waals surface area contributed by atoms with Gasteiger partial charge in [-0.1, -0.05) is 18.2 Å². The number of aromatic nitrogens is 1. The fourth-order valence-electron chi connectivity index (χ4n) is 2.97. The molecule has 132 valence electrons. The number of amides is 1. The SMILES string of the molecule is CCOc1ccc(CC(=O)NCc2ccc(N3CCCC3)nc2)cc1. The normalized spacial score (nSPS) is 13.7. The Labute approximate surface area is 149 Å². The lowest BCUT2D eigenvalue weighted by Gasteiger charge is -2.16. The average Bonchev–Trinajstić information content (AvgIpc) is 3.17. The van der Waals surface area contributed by atoms with Gasteiger partial charge in [-0.25, -0.2) is 4.98 Å². The molecule has 5 heteroatoms. The van der Waals surface area contributed by atoms with Crippen molar-refractivity contribution in [3.05, 3.63) is 53.7 Å². The van der Waals surface area contributed by atoms with E-state index in [1.165, 1.54) is 12.8 Å². The summed E-state index contributed by atoms with van der Waals surface area (Å²) >= 11 is 0. The highest BCUT2D eigenvalue weighted by Crippen LogP contribution is 2.17. The number of hydrogen-bond acceptors (Lipinski definition) is 4. The highest BCUT2D eigenvalue weighted by molar-refractivity contribution is 5.78. The summed E-state index contributed by atoms with van der Waals surface area (Å²) in [6.45, 7) is 5.28. The number of ether oxygens (including phenoxy) is 1. The fraction of sp³-hybridized carbons (Fsp3) is 0.400. The van der Waals surface area contributed by atoms with Crippen LogP contribution in [0.1, 0.15) is 30.9 Å². The highest BCUT2D eigenvalue weighted by Gasteiger charge is 2.13. The van der Waals surface area contributed by atoms with Crippen molar-refractivity contribution in [2.45, 2.75) is 32.7 Å². The van der Waals surface area contributed by atoms with Crippen LogP contribution in [0, 0.1) is 0 Å². The molecule has 1 fully saturated rings. The summed E-state index contributed by atoms with van der Waals surface area (Å²) in [5, 5.41) is 2.95. The number of pyridine rings is 1. The van der Waals surface area contributed by atoms with Gasteiger partial charge in [-0.3, -0.25) is 4.79 Å². The number of carbonyl (C=O) groups is 1. The molecule has 0 unspecified atom stereocenters. The van der Waals surface area contributed by atoms with E-state index >= 15 is 0 Å². The van der Waals surface area contributed by atoms with Crippen LogP contribution in [0.5, 0.6) is 5.75 Å². The predicted molar refractivity (Wildman–Crippen MR) is 98.8 cm³/mol. The van der Waals surface area contributed by atoms with Crippen LogP contribution in [-0.4, -0.2) is 30.6 Å². The zero-order valence-corrected chi connectivity index (χ0v) is 14.7. The molecule has 0 aliphatic carbocycles. The molecule has 1 N–H and O–H groups in total. The van der Waals surface area contributed by atoms with Crippen LogP contribution in [0.3, 0.4) is 0 Å². The van der Waals surface area contributed by atoms with Gasteiger partial charge in [0, 0.05) is 25.8 Å². The lowest BCUT2D eigenvalue weighted by atomic mass is 10.1. The third kappa shape index (κ3) is 4.95. The summed E-state index contributed by atoms with van der Waals surface area (Å²) in [6, 6.07) is 11.7. The van der Waals surface area contributed by atoms with Gasteiger partial charge in [0.25, 0.3) is 0 Å². The van der Waals surface area contributed by atoms with Gasteiger partial charge in [-0.15, -0.1) is 0 Å². The molecule has 0 atom stereocenters. The Morgan fingerprint density at radius 2 is 1.84 bits per heavy atom. The maximum atomic E-state index is 12.1. The van der Waals surface area contributed by atoms with Gasteiger partial charge in [-0.05, 0) is 49.1 Å². The fourth-order valence-corrected chi connectivity index (χ4v) is 2.97. The molecule has 0 radical (unpaired) electrons. The van der Waals surface area contributed by atoms with Crippen molar-refractivity contribution < 1.29 is 9.53 Å². The summed E-state index contributed by atoms with van der Waals surface area (Å²) in [7, 11) is 0. The Hall–Kier alpha value is -2.56. The molecule has 1 aliphatic heterocycles. The number of carbonyl (C=O) groups excluding carboxylic acids is 1. The molecule has 0 bridgehead atoms. The largest absolute Gasteiger partial charge is 0.494 e. The zero-order valence-electron chi connectivity index (χ0n) is 14.7. The standard InChI is InChI=1S/C20H25N3O2/c1-2-25-18-8-5-16(6-9-18)13-20(24)22-15-17-7-10-19(21-14-17)23-11-3-4-12-23/h5-10,14H,2-4,11-13,15H2,1H3,(H,22,24). The third-order valence-corrected chi connectivity index (χ3v) is 4.33. The molecule has 1 aromatic heterocycles. The van der Waals surface area contributed by atoms with E-state index in [0.29, 0.717) is 19.6 Å². The first-order valence-corrected chi connectivity index (χ1v) is 8.93. The van der Waals surface area contributed by atoms with Crippen LogP contribution in [0.4, 0.5) is 5.82 Å². The maximum Gasteiger partial charge on any atom is 0.224 e. The lowest BCUT2D eigenvalue weighted by molar-refractivity contribution is -0.120. The summed E-state index contributed by atoms with van der Waals surface area (Å²) < 4.78 is 5.41. The lowest BCUT2D eigenvalue weighted by Crippen LogP contribution is -2.24. The number of nitrogens with zero attached hydrogens (tertiary/aromatic N) is 2. The molecule has 1 aromatic carbocycles. The molecule has 1 aliphatic rings. The average molecular weight is 339 g/mol. The first-order valence-electron chi connectivity index (χ1n) is 8.93. The van der Waals surface area contributed by atoms with Crippen LogP contribution >= 0.6 is 0 Å². The van der Waals surface area contributed by atoms with Crippen LogP contribution < -0.4 is 15.0 Å². The number of anilines is 1. The van der Waals surface area contributed by atoms with Crippen molar-refractivity contribution in [2.24, 2.45) is 0 Å². The van der Waals surface area contributed by atoms with Gasteiger partial charge in [0.15, 0.2) is 0 Å². The minimum Gasteiger partial charge on any atom is -0.494 e. The van der Waals surface area contributed by atoms with E-state index in [1.54, 1.807) is 0 Å². The van der Waals surface area contributed by atoms with Gasteiger partial charge in [-0.2, -0.15) is 0 Å². The van der Waals surface area contributed by atoms with Crippen molar-refractivity contribution in [1.29, 1.82) is 0 Å². The summed E-state index contributed by atoms with van der Waals surface area (Å²) in [4.78, 5) is 18.9. The Balaban J connectivity index is 1.46. The Bertz CT molecular complexity index is 677. The van der Waals surface area contributed by atoms with Gasteiger partial charge < -0.3 is 15.0 Å². The molecule has 2 aromatic rings. The van der Waals surface area contributed by atoms with E-state index in [-0.39, 0.29) is 5.91 Å². The van der Waals surface area contributed by atoms with E-state index in [4.69, 9.17) is 4.74 Å². The molecule has 0 saturated carbocycles. The van der Waals surface area contributed by atoms with Crippen molar-refractivity contribution in [2.75, 3.05) is 24.6 Å². The minimum atomic E-state index is 0.00720. The Morgan fingerprint density at radius 3 is 2.48 bits per heavy atom. The van der Waals surface area contributed by atoms with Gasteiger partial charge in [0.05, 0.1) is 13.0 Å². The quantitative estimate of drug-likeness (QED) is 0.843. The number of nitrogens with one attached hydrogen (secondary N) is 1. The molecule has 3 rings (SSSR count). The Morgan fingerprint density at radius 1 is 1.12 bits per heavy atom. The molecule has 0 spiro atoms. The van der Waals surface area contributed by atoms with Crippen molar-refractivity contribution >= 4 is 11.7 Å². The van der Waals surface area contributed by atoms with E-state index in [1.807, 2.05) is 49.5 Å². The zero-order chi connectivity index (χ0) is 17.5. The highest BCUT2D eigenvalue weighted by atomic mass is 16.5. The minimum absolute atomic E-state index is 0.00720. The van der Waals surface area contributed by atoms with Crippen molar-refractivity contribution in [3.63, 3.8) is 0 Å². The molecular formula is C20H25N3O2. The third-order valence-electron chi connectivity index (χ3n) is 4.33. The molecule has 25 heavy (non-hydrogen) atoms. The second-order valence-corrected chi connectivity index (χ2v) is 6.25. The Kier molecular flexibility index (Phi) is 5.88. The molecule has 5 nitrogen and oxygen atoms in total. The summed E-state index contributed by atoms with van der Waals surface area (Å²) in [6.07, 6.45) is 4.70. The van der Waals surface area contributed by atoms with E-state index in [2.05, 4.69) is 15.2 Å². The second-order valence-electron chi connectivity index (χ2n) is 6.25. The van der Waals surface area contributed by atoms with Crippen LogP contribution in [0.2, 0.25) is 0 Å².